The molecule has 1 aliphatic rings. The molecular formula is C17H27BrN2. The average Bonchev–Trinajstić information content (AvgIpc) is 2.63. The van der Waals surface area contributed by atoms with E-state index in [1.807, 2.05) is 0 Å². The Balaban J connectivity index is 2.05. The van der Waals surface area contributed by atoms with Crippen LogP contribution in [0.1, 0.15) is 51.9 Å². The minimum Gasteiger partial charge on any atom is -0.378 e. The fourth-order valence-electron chi connectivity index (χ4n) is 3.43. The molecule has 0 heterocycles. The molecule has 1 saturated carbocycles. The first-order chi connectivity index (χ1) is 9.67. The van der Waals surface area contributed by atoms with Crippen LogP contribution in [0.2, 0.25) is 0 Å². The topological polar surface area (TPSA) is 38.0 Å². The largest absolute Gasteiger partial charge is 0.378 e. The number of anilines is 1. The zero-order chi connectivity index (χ0) is 14.4. The lowest BCUT2D eigenvalue weighted by atomic mass is 9.88. The Morgan fingerprint density at radius 3 is 2.90 bits per heavy atom. The van der Waals surface area contributed by atoms with Gasteiger partial charge in [0, 0.05) is 22.2 Å². The van der Waals surface area contributed by atoms with Crippen LogP contribution in [0.4, 0.5) is 5.69 Å². The molecule has 0 bridgehead atoms. The Morgan fingerprint density at radius 2 is 2.20 bits per heavy atom. The summed E-state index contributed by atoms with van der Waals surface area (Å²) in [6, 6.07) is 8.42. The average molecular weight is 339 g/mol. The molecule has 2 atom stereocenters. The van der Waals surface area contributed by atoms with Crippen LogP contribution in [0, 0.1) is 5.92 Å². The molecule has 2 unspecified atom stereocenters. The Labute approximate surface area is 131 Å². The van der Waals surface area contributed by atoms with Crippen molar-refractivity contribution in [1.82, 2.24) is 0 Å². The Kier molecular flexibility index (Phi) is 5.91. The third-order valence-electron chi connectivity index (χ3n) is 4.62. The van der Waals surface area contributed by atoms with Gasteiger partial charge in [-0.15, -0.1) is 0 Å². The predicted molar refractivity (Wildman–Crippen MR) is 91.0 cm³/mol. The SMILES string of the molecule is CCCC1CCCC(CN)(Nc2cccc(Br)c2)CC1. The second-order valence-electron chi connectivity index (χ2n) is 6.21. The molecule has 1 fully saturated rings. The van der Waals surface area contributed by atoms with Gasteiger partial charge in [0.15, 0.2) is 0 Å². The molecule has 0 radical (unpaired) electrons. The molecule has 2 rings (SSSR count). The normalized spacial score (nSPS) is 27.1. The predicted octanol–water partition coefficient (Wildman–Crippen LogP) is 4.94. The Hall–Kier alpha value is -0.540. The van der Waals surface area contributed by atoms with Crippen LogP contribution in [0.5, 0.6) is 0 Å². The first-order valence-electron chi connectivity index (χ1n) is 7.91. The van der Waals surface area contributed by atoms with Crippen LogP contribution in [0.3, 0.4) is 0 Å². The number of halogens is 1. The lowest BCUT2D eigenvalue weighted by molar-refractivity contribution is 0.390. The highest BCUT2D eigenvalue weighted by atomic mass is 79.9. The van der Waals surface area contributed by atoms with Crippen molar-refractivity contribution in [3.05, 3.63) is 28.7 Å². The van der Waals surface area contributed by atoms with E-state index in [1.54, 1.807) is 0 Å². The first kappa shape index (κ1) is 15.8. The molecule has 0 aliphatic heterocycles. The van der Waals surface area contributed by atoms with Gasteiger partial charge in [-0.3, -0.25) is 0 Å². The highest BCUT2D eigenvalue weighted by molar-refractivity contribution is 9.10. The van der Waals surface area contributed by atoms with Gasteiger partial charge in [-0.1, -0.05) is 54.6 Å². The Bertz CT molecular complexity index is 421. The molecule has 0 saturated heterocycles. The van der Waals surface area contributed by atoms with Gasteiger partial charge in [0.25, 0.3) is 0 Å². The lowest BCUT2D eigenvalue weighted by Gasteiger charge is -2.34. The summed E-state index contributed by atoms with van der Waals surface area (Å²) < 4.78 is 1.12. The lowest BCUT2D eigenvalue weighted by Crippen LogP contribution is -2.45. The van der Waals surface area contributed by atoms with Gasteiger partial charge in [0.05, 0.1) is 0 Å². The van der Waals surface area contributed by atoms with Gasteiger partial charge in [0.1, 0.15) is 0 Å². The Morgan fingerprint density at radius 1 is 1.35 bits per heavy atom. The van der Waals surface area contributed by atoms with Crippen molar-refractivity contribution in [2.75, 3.05) is 11.9 Å². The van der Waals surface area contributed by atoms with Crippen LogP contribution >= 0.6 is 15.9 Å². The van der Waals surface area contributed by atoms with Gasteiger partial charge in [-0.25, -0.2) is 0 Å². The maximum absolute atomic E-state index is 6.14. The summed E-state index contributed by atoms with van der Waals surface area (Å²) in [6.07, 6.45) is 9.04. The van der Waals surface area contributed by atoms with Crippen molar-refractivity contribution in [3.63, 3.8) is 0 Å². The monoisotopic (exact) mass is 338 g/mol. The zero-order valence-electron chi connectivity index (χ0n) is 12.5. The highest BCUT2D eigenvalue weighted by Gasteiger charge is 2.31. The van der Waals surface area contributed by atoms with E-state index >= 15 is 0 Å². The molecule has 0 amide bonds. The van der Waals surface area contributed by atoms with Crippen molar-refractivity contribution in [1.29, 1.82) is 0 Å². The van der Waals surface area contributed by atoms with E-state index < -0.39 is 0 Å². The molecule has 0 spiro atoms. The van der Waals surface area contributed by atoms with E-state index in [0.29, 0.717) is 0 Å². The van der Waals surface area contributed by atoms with Crippen molar-refractivity contribution in [2.45, 2.75) is 57.4 Å². The van der Waals surface area contributed by atoms with E-state index in [4.69, 9.17) is 5.73 Å². The molecule has 1 aromatic rings. The number of nitrogens with one attached hydrogen (secondary N) is 1. The van der Waals surface area contributed by atoms with Gasteiger partial charge >= 0.3 is 0 Å². The summed E-state index contributed by atoms with van der Waals surface area (Å²) >= 11 is 3.54. The highest BCUT2D eigenvalue weighted by Crippen LogP contribution is 2.34. The number of benzene rings is 1. The van der Waals surface area contributed by atoms with Gasteiger partial charge in [0.2, 0.25) is 0 Å². The molecule has 112 valence electrons. The molecule has 1 aromatic carbocycles. The fraction of sp³-hybridized carbons (Fsp3) is 0.647. The minimum absolute atomic E-state index is 0.0866. The quantitative estimate of drug-likeness (QED) is 0.746. The second kappa shape index (κ2) is 7.46. The number of rotatable bonds is 5. The van der Waals surface area contributed by atoms with Crippen LogP contribution in [-0.2, 0) is 0 Å². The molecular weight excluding hydrogens is 312 g/mol. The van der Waals surface area contributed by atoms with Crippen molar-refractivity contribution in [2.24, 2.45) is 11.7 Å². The maximum atomic E-state index is 6.14. The molecule has 20 heavy (non-hydrogen) atoms. The number of nitrogens with two attached hydrogens (primary N) is 1. The molecule has 3 heteroatoms. The second-order valence-corrected chi connectivity index (χ2v) is 7.12. The van der Waals surface area contributed by atoms with Crippen molar-refractivity contribution >= 4 is 21.6 Å². The standard InChI is InChI=1S/C17H27BrN2/c1-2-5-14-6-4-10-17(13-19,11-9-14)20-16-8-3-7-15(18)12-16/h3,7-8,12,14,20H,2,4-6,9-11,13,19H2,1H3. The van der Waals surface area contributed by atoms with Gasteiger partial charge < -0.3 is 11.1 Å². The van der Waals surface area contributed by atoms with Gasteiger partial charge in [-0.05, 0) is 43.4 Å². The van der Waals surface area contributed by atoms with Crippen LogP contribution in [0.15, 0.2) is 28.7 Å². The van der Waals surface area contributed by atoms with E-state index in [2.05, 4.69) is 52.4 Å². The molecule has 0 aromatic heterocycles. The summed E-state index contributed by atoms with van der Waals surface area (Å²) in [6.45, 7) is 3.01. The summed E-state index contributed by atoms with van der Waals surface area (Å²) in [5, 5.41) is 3.73. The smallest absolute Gasteiger partial charge is 0.0495 e. The minimum atomic E-state index is 0.0866. The van der Waals surface area contributed by atoms with E-state index in [0.717, 1.165) is 16.9 Å². The number of hydrogen-bond donors (Lipinski definition) is 2. The summed E-state index contributed by atoms with van der Waals surface area (Å²) in [7, 11) is 0. The third kappa shape index (κ3) is 4.23. The number of hydrogen-bond acceptors (Lipinski definition) is 2. The molecule has 3 N–H and O–H groups in total. The van der Waals surface area contributed by atoms with Crippen LogP contribution in [0.25, 0.3) is 0 Å². The van der Waals surface area contributed by atoms with Crippen LogP contribution in [-0.4, -0.2) is 12.1 Å². The summed E-state index contributed by atoms with van der Waals surface area (Å²) in [5.41, 5.74) is 7.40. The van der Waals surface area contributed by atoms with E-state index in [-0.39, 0.29) is 5.54 Å². The molecule has 2 nitrogen and oxygen atoms in total. The summed E-state index contributed by atoms with van der Waals surface area (Å²) in [4.78, 5) is 0. The van der Waals surface area contributed by atoms with E-state index in [1.165, 1.54) is 50.6 Å². The first-order valence-corrected chi connectivity index (χ1v) is 8.70. The summed E-state index contributed by atoms with van der Waals surface area (Å²) in [5.74, 6) is 0.901. The zero-order valence-corrected chi connectivity index (χ0v) is 14.1. The maximum Gasteiger partial charge on any atom is 0.0495 e. The van der Waals surface area contributed by atoms with Crippen molar-refractivity contribution in [3.8, 4) is 0 Å². The van der Waals surface area contributed by atoms with Crippen LogP contribution < -0.4 is 11.1 Å². The van der Waals surface area contributed by atoms with E-state index in [9.17, 15) is 0 Å². The fourth-order valence-corrected chi connectivity index (χ4v) is 3.83. The third-order valence-corrected chi connectivity index (χ3v) is 5.11. The van der Waals surface area contributed by atoms with Gasteiger partial charge in [-0.2, -0.15) is 0 Å². The molecule has 1 aliphatic carbocycles. The van der Waals surface area contributed by atoms with Crippen molar-refractivity contribution < 1.29 is 0 Å².